The molecule has 1 aliphatic heterocycles. The molecule has 104 valence electrons. The zero-order valence-electron chi connectivity index (χ0n) is 10.8. The van der Waals surface area contributed by atoms with E-state index in [4.69, 9.17) is 19.9 Å². The van der Waals surface area contributed by atoms with Gasteiger partial charge in [-0.25, -0.2) is 0 Å². The van der Waals surface area contributed by atoms with Gasteiger partial charge in [-0.05, 0) is 13.8 Å². The Morgan fingerprint density at radius 2 is 1.95 bits per heavy atom. The van der Waals surface area contributed by atoms with Crippen molar-refractivity contribution in [3.05, 3.63) is 22.2 Å². The van der Waals surface area contributed by atoms with Crippen molar-refractivity contribution in [1.82, 2.24) is 0 Å². The normalized spacial score (nSPS) is 14.1. The summed E-state index contributed by atoms with van der Waals surface area (Å²) in [6, 6.07) is 2.78. The Bertz CT molecular complexity index is 496. The number of hydrogen-bond acceptors (Lipinski definition) is 6. The number of nitrogens with zero attached hydrogens (tertiary/aromatic N) is 1. The van der Waals surface area contributed by atoms with Gasteiger partial charge in [0.25, 0.3) is 0 Å². The molecule has 1 heterocycles. The minimum atomic E-state index is -0.582. The largest absolute Gasteiger partial charge is 0.486 e. The van der Waals surface area contributed by atoms with Crippen molar-refractivity contribution in [2.45, 2.75) is 19.4 Å². The third-order valence-corrected chi connectivity index (χ3v) is 2.42. The Kier molecular flexibility index (Phi) is 3.48. The highest BCUT2D eigenvalue weighted by molar-refractivity contribution is 5.58. The van der Waals surface area contributed by atoms with Gasteiger partial charge in [-0.3, -0.25) is 10.1 Å². The zero-order valence-corrected chi connectivity index (χ0v) is 10.8. The summed E-state index contributed by atoms with van der Waals surface area (Å²) in [7, 11) is 0. The van der Waals surface area contributed by atoms with Gasteiger partial charge in [0.2, 0.25) is 5.75 Å². The van der Waals surface area contributed by atoms with Gasteiger partial charge in [-0.15, -0.1) is 0 Å². The Labute approximate surface area is 110 Å². The quantitative estimate of drug-likeness (QED) is 0.656. The summed E-state index contributed by atoms with van der Waals surface area (Å²) in [5, 5.41) is 11.0. The first-order chi connectivity index (χ1) is 8.87. The van der Waals surface area contributed by atoms with Crippen LogP contribution in [0, 0.1) is 10.1 Å². The van der Waals surface area contributed by atoms with Crippen molar-refractivity contribution in [1.29, 1.82) is 0 Å². The molecule has 0 spiro atoms. The highest BCUT2D eigenvalue weighted by atomic mass is 16.6. The molecule has 0 unspecified atom stereocenters. The number of nitro benzene ring substituents is 1. The molecule has 19 heavy (non-hydrogen) atoms. The van der Waals surface area contributed by atoms with Crippen LogP contribution in [-0.4, -0.2) is 30.3 Å². The minimum Gasteiger partial charge on any atom is -0.486 e. The first-order valence-corrected chi connectivity index (χ1v) is 5.86. The average Bonchev–Trinajstić information content (AvgIpc) is 2.34. The second-order valence-electron chi connectivity index (χ2n) is 5.00. The number of nitro groups is 1. The molecule has 2 rings (SSSR count). The Balaban J connectivity index is 2.32. The van der Waals surface area contributed by atoms with E-state index >= 15 is 0 Å². The molecule has 0 fully saturated rings. The van der Waals surface area contributed by atoms with Gasteiger partial charge in [0.15, 0.2) is 11.5 Å². The van der Waals surface area contributed by atoms with E-state index in [2.05, 4.69) is 0 Å². The van der Waals surface area contributed by atoms with Gasteiger partial charge >= 0.3 is 5.69 Å². The molecule has 0 radical (unpaired) electrons. The van der Waals surface area contributed by atoms with E-state index in [9.17, 15) is 10.1 Å². The molecule has 0 bridgehead atoms. The Hall–Kier alpha value is -2.02. The SMILES string of the molecule is CC(C)(N)COc1cc2c(cc1[N+](=O)[O-])OCCO2. The number of fused-ring (bicyclic) bond motifs is 1. The maximum absolute atomic E-state index is 11.0. The van der Waals surface area contributed by atoms with Crippen molar-refractivity contribution in [2.24, 2.45) is 5.73 Å². The van der Waals surface area contributed by atoms with Crippen molar-refractivity contribution >= 4 is 5.69 Å². The molecule has 1 aliphatic rings. The lowest BCUT2D eigenvalue weighted by molar-refractivity contribution is -0.386. The molecule has 7 heteroatoms. The molecule has 0 amide bonds. The van der Waals surface area contributed by atoms with Gasteiger partial charge in [0, 0.05) is 11.6 Å². The lowest BCUT2D eigenvalue weighted by Crippen LogP contribution is -2.38. The summed E-state index contributed by atoms with van der Waals surface area (Å²) in [4.78, 5) is 10.5. The predicted octanol–water partition coefficient (Wildman–Crippen LogP) is 1.48. The molecule has 1 aromatic rings. The molecule has 0 aromatic heterocycles. The summed E-state index contributed by atoms with van der Waals surface area (Å²) < 4.78 is 16.1. The smallest absolute Gasteiger partial charge is 0.314 e. The number of rotatable bonds is 4. The lowest BCUT2D eigenvalue weighted by atomic mass is 10.1. The van der Waals surface area contributed by atoms with Crippen molar-refractivity contribution < 1.29 is 19.1 Å². The number of nitrogens with two attached hydrogens (primary N) is 1. The highest BCUT2D eigenvalue weighted by Gasteiger charge is 2.24. The van der Waals surface area contributed by atoms with E-state index in [1.807, 2.05) is 0 Å². The standard InChI is InChI=1S/C12H16N2O5/c1-12(2,13)7-19-9-6-11-10(17-3-4-18-11)5-8(9)14(15)16/h5-6H,3-4,7,13H2,1-2H3. The summed E-state index contributed by atoms with van der Waals surface area (Å²) >= 11 is 0. The molecule has 0 aliphatic carbocycles. The van der Waals surface area contributed by atoms with E-state index in [1.165, 1.54) is 12.1 Å². The van der Waals surface area contributed by atoms with Crippen LogP contribution in [0.25, 0.3) is 0 Å². The summed E-state index contributed by atoms with van der Waals surface area (Å²) in [6.07, 6.45) is 0. The van der Waals surface area contributed by atoms with Gasteiger partial charge in [-0.2, -0.15) is 0 Å². The molecule has 0 atom stereocenters. The van der Waals surface area contributed by atoms with Crippen LogP contribution in [0.2, 0.25) is 0 Å². The maximum atomic E-state index is 11.0. The van der Waals surface area contributed by atoms with Gasteiger partial charge in [-0.1, -0.05) is 0 Å². The average molecular weight is 268 g/mol. The van der Waals surface area contributed by atoms with Crippen LogP contribution in [0.15, 0.2) is 12.1 Å². The van der Waals surface area contributed by atoms with Crippen LogP contribution in [-0.2, 0) is 0 Å². The summed E-state index contributed by atoms with van der Waals surface area (Å²) in [6.45, 7) is 4.49. The fourth-order valence-electron chi connectivity index (χ4n) is 1.58. The Morgan fingerprint density at radius 3 is 2.47 bits per heavy atom. The zero-order chi connectivity index (χ0) is 14.0. The molecule has 2 N–H and O–H groups in total. The van der Waals surface area contributed by atoms with E-state index in [0.717, 1.165) is 0 Å². The fourth-order valence-corrected chi connectivity index (χ4v) is 1.58. The molecule has 7 nitrogen and oxygen atoms in total. The third-order valence-electron chi connectivity index (χ3n) is 2.42. The van der Waals surface area contributed by atoms with Gasteiger partial charge < -0.3 is 19.9 Å². The Morgan fingerprint density at radius 1 is 1.37 bits per heavy atom. The van der Waals surface area contributed by atoms with E-state index in [0.29, 0.717) is 24.7 Å². The first kappa shape index (κ1) is 13.4. The minimum absolute atomic E-state index is 0.132. The molecule has 0 saturated carbocycles. The van der Waals surface area contributed by atoms with Crippen molar-refractivity contribution in [3.8, 4) is 17.2 Å². The van der Waals surface area contributed by atoms with Crippen molar-refractivity contribution in [3.63, 3.8) is 0 Å². The summed E-state index contributed by atoms with van der Waals surface area (Å²) in [5.41, 5.74) is 5.06. The van der Waals surface area contributed by atoms with Crippen molar-refractivity contribution in [2.75, 3.05) is 19.8 Å². The van der Waals surface area contributed by atoms with Crippen LogP contribution in [0.5, 0.6) is 17.2 Å². The second-order valence-corrected chi connectivity index (χ2v) is 5.00. The van der Waals surface area contributed by atoms with Gasteiger partial charge in [0.1, 0.15) is 19.8 Å². The monoisotopic (exact) mass is 268 g/mol. The number of benzene rings is 1. The van der Waals surface area contributed by atoms with E-state index < -0.39 is 10.5 Å². The van der Waals surface area contributed by atoms with E-state index in [1.54, 1.807) is 13.8 Å². The van der Waals surface area contributed by atoms with Gasteiger partial charge in [0.05, 0.1) is 11.0 Å². The van der Waals surface area contributed by atoms with Crippen LogP contribution in [0.1, 0.15) is 13.8 Å². The molecule has 1 aromatic carbocycles. The van der Waals surface area contributed by atoms with E-state index in [-0.39, 0.29) is 18.0 Å². The number of ether oxygens (including phenoxy) is 3. The maximum Gasteiger partial charge on any atom is 0.314 e. The van der Waals surface area contributed by atoms with Crippen LogP contribution in [0.4, 0.5) is 5.69 Å². The first-order valence-electron chi connectivity index (χ1n) is 5.86. The summed E-state index contributed by atoms with van der Waals surface area (Å²) in [5.74, 6) is 0.937. The lowest BCUT2D eigenvalue weighted by Gasteiger charge is -2.21. The highest BCUT2D eigenvalue weighted by Crippen LogP contribution is 2.40. The molecule has 0 saturated heterocycles. The molecular formula is C12H16N2O5. The van der Waals surface area contributed by atoms with Crippen LogP contribution >= 0.6 is 0 Å². The van der Waals surface area contributed by atoms with Crippen LogP contribution < -0.4 is 19.9 Å². The van der Waals surface area contributed by atoms with Crippen LogP contribution in [0.3, 0.4) is 0 Å². The fraction of sp³-hybridized carbons (Fsp3) is 0.500. The molecular weight excluding hydrogens is 252 g/mol. The third kappa shape index (κ3) is 3.25. The topological polar surface area (TPSA) is 96.9 Å². The predicted molar refractivity (Wildman–Crippen MR) is 67.8 cm³/mol. The number of hydrogen-bond donors (Lipinski definition) is 1. The second kappa shape index (κ2) is 4.93.